The van der Waals surface area contributed by atoms with Gasteiger partial charge in [0.2, 0.25) is 0 Å². The van der Waals surface area contributed by atoms with E-state index in [2.05, 4.69) is 26.1 Å². The van der Waals surface area contributed by atoms with Crippen LogP contribution in [0, 0.1) is 5.92 Å². The summed E-state index contributed by atoms with van der Waals surface area (Å²) in [6.07, 6.45) is 1.96. The molecule has 1 amide bonds. The van der Waals surface area contributed by atoms with Crippen LogP contribution in [0.3, 0.4) is 0 Å². The molecule has 4 heteroatoms. The Morgan fingerprint density at radius 3 is 2.30 bits per heavy atom. The summed E-state index contributed by atoms with van der Waals surface area (Å²) < 4.78 is 10.9. The molecule has 0 fully saturated rings. The van der Waals surface area contributed by atoms with Gasteiger partial charge in [0.05, 0.1) is 6.61 Å². The molecule has 112 valence electrons. The Morgan fingerprint density at radius 1 is 1.15 bits per heavy atom. The van der Waals surface area contributed by atoms with Gasteiger partial charge in [-0.15, -0.1) is 0 Å². The van der Waals surface area contributed by atoms with E-state index in [-0.39, 0.29) is 12.5 Å². The van der Waals surface area contributed by atoms with E-state index in [1.165, 1.54) is 0 Å². The van der Waals surface area contributed by atoms with Crippen LogP contribution < -0.4 is 14.8 Å². The van der Waals surface area contributed by atoms with Gasteiger partial charge in [-0.3, -0.25) is 4.79 Å². The van der Waals surface area contributed by atoms with E-state index in [0.717, 1.165) is 18.6 Å². The van der Waals surface area contributed by atoms with Gasteiger partial charge >= 0.3 is 0 Å². The lowest BCUT2D eigenvalue weighted by atomic mass is 10.1. The van der Waals surface area contributed by atoms with Crippen molar-refractivity contribution in [1.82, 2.24) is 5.32 Å². The highest BCUT2D eigenvalue weighted by molar-refractivity contribution is 5.77. The van der Waals surface area contributed by atoms with Gasteiger partial charge in [-0.25, -0.2) is 0 Å². The molecule has 4 nitrogen and oxygen atoms in total. The summed E-state index contributed by atoms with van der Waals surface area (Å²) in [5.74, 6) is 2.00. The summed E-state index contributed by atoms with van der Waals surface area (Å²) in [4.78, 5) is 11.5. The van der Waals surface area contributed by atoms with Crippen molar-refractivity contribution >= 4 is 5.91 Å². The molecule has 0 saturated carbocycles. The van der Waals surface area contributed by atoms with Crippen molar-refractivity contribution in [2.75, 3.05) is 19.8 Å². The third-order valence-corrected chi connectivity index (χ3v) is 2.71. The Kier molecular flexibility index (Phi) is 7.55. The first kappa shape index (κ1) is 16.3. The van der Waals surface area contributed by atoms with Crippen LogP contribution in [0.4, 0.5) is 0 Å². The average molecular weight is 279 g/mol. The molecule has 1 aromatic rings. The molecular formula is C16H25NO3. The summed E-state index contributed by atoms with van der Waals surface area (Å²) in [6, 6.07) is 7.32. The number of nitrogens with one attached hydrogen (secondary N) is 1. The second-order valence-corrected chi connectivity index (χ2v) is 5.14. The number of carbonyl (C=O) groups excluding carboxylic acids is 1. The van der Waals surface area contributed by atoms with Gasteiger partial charge in [0.25, 0.3) is 5.91 Å². The fraction of sp³-hybridized carbons (Fsp3) is 0.562. The summed E-state index contributed by atoms with van der Waals surface area (Å²) in [5.41, 5.74) is 0. The first-order chi connectivity index (χ1) is 9.61. The van der Waals surface area contributed by atoms with Crippen LogP contribution in [0.25, 0.3) is 0 Å². The fourth-order valence-electron chi connectivity index (χ4n) is 1.55. The molecule has 0 heterocycles. The van der Waals surface area contributed by atoms with E-state index in [0.29, 0.717) is 24.8 Å². The van der Waals surface area contributed by atoms with Crippen molar-refractivity contribution in [3.8, 4) is 11.5 Å². The summed E-state index contributed by atoms with van der Waals surface area (Å²) in [6.45, 7) is 7.78. The van der Waals surface area contributed by atoms with Gasteiger partial charge in [-0.05, 0) is 43.0 Å². The maximum atomic E-state index is 11.5. The highest BCUT2D eigenvalue weighted by Gasteiger charge is 2.03. The molecule has 20 heavy (non-hydrogen) atoms. The largest absolute Gasteiger partial charge is 0.494 e. The molecule has 0 aromatic heterocycles. The van der Waals surface area contributed by atoms with Crippen LogP contribution in [0.15, 0.2) is 24.3 Å². The van der Waals surface area contributed by atoms with Crippen molar-refractivity contribution in [3.05, 3.63) is 24.3 Å². The number of hydrogen-bond acceptors (Lipinski definition) is 3. The predicted octanol–water partition coefficient (Wildman–Crippen LogP) is 3.02. The molecule has 1 rings (SSSR count). The van der Waals surface area contributed by atoms with Gasteiger partial charge in [-0.2, -0.15) is 0 Å². The third-order valence-electron chi connectivity index (χ3n) is 2.71. The van der Waals surface area contributed by atoms with Gasteiger partial charge in [0.15, 0.2) is 6.61 Å². The molecular weight excluding hydrogens is 254 g/mol. The zero-order valence-corrected chi connectivity index (χ0v) is 12.6. The molecule has 0 radical (unpaired) electrons. The summed E-state index contributed by atoms with van der Waals surface area (Å²) in [5, 5.41) is 2.83. The van der Waals surface area contributed by atoms with E-state index in [1.54, 1.807) is 0 Å². The van der Waals surface area contributed by atoms with Gasteiger partial charge in [0.1, 0.15) is 11.5 Å². The van der Waals surface area contributed by atoms with Crippen molar-refractivity contribution < 1.29 is 14.3 Å². The quantitative estimate of drug-likeness (QED) is 0.756. The van der Waals surface area contributed by atoms with E-state index in [1.807, 2.05) is 24.3 Å². The van der Waals surface area contributed by atoms with Gasteiger partial charge < -0.3 is 14.8 Å². The van der Waals surface area contributed by atoms with Crippen molar-refractivity contribution in [1.29, 1.82) is 0 Å². The second-order valence-electron chi connectivity index (χ2n) is 5.14. The monoisotopic (exact) mass is 279 g/mol. The molecule has 0 saturated heterocycles. The van der Waals surface area contributed by atoms with E-state index < -0.39 is 0 Å². The second kappa shape index (κ2) is 9.23. The van der Waals surface area contributed by atoms with Crippen LogP contribution >= 0.6 is 0 Å². The SMILES string of the molecule is CCCOc1ccc(OCC(=O)NCCC(C)C)cc1. The molecule has 0 aliphatic rings. The predicted molar refractivity (Wildman–Crippen MR) is 80.2 cm³/mol. The molecule has 0 unspecified atom stereocenters. The minimum atomic E-state index is -0.0861. The van der Waals surface area contributed by atoms with Crippen molar-refractivity contribution in [2.24, 2.45) is 5.92 Å². The van der Waals surface area contributed by atoms with E-state index in [9.17, 15) is 4.79 Å². The number of rotatable bonds is 9. The average Bonchev–Trinajstić information content (AvgIpc) is 2.43. The number of ether oxygens (including phenoxy) is 2. The summed E-state index contributed by atoms with van der Waals surface area (Å²) in [7, 11) is 0. The normalized spacial score (nSPS) is 10.4. The topological polar surface area (TPSA) is 47.6 Å². The Labute approximate surface area is 121 Å². The Balaban J connectivity index is 2.25. The van der Waals surface area contributed by atoms with Crippen LogP contribution in [0.1, 0.15) is 33.6 Å². The molecule has 0 aliphatic carbocycles. The zero-order valence-electron chi connectivity index (χ0n) is 12.6. The molecule has 0 bridgehead atoms. The number of hydrogen-bond donors (Lipinski definition) is 1. The highest BCUT2D eigenvalue weighted by atomic mass is 16.5. The lowest BCUT2D eigenvalue weighted by Crippen LogP contribution is -2.30. The van der Waals surface area contributed by atoms with Crippen LogP contribution in [-0.4, -0.2) is 25.7 Å². The van der Waals surface area contributed by atoms with Crippen molar-refractivity contribution in [3.63, 3.8) is 0 Å². The first-order valence-corrected chi connectivity index (χ1v) is 7.24. The standard InChI is InChI=1S/C16H25NO3/c1-4-11-19-14-5-7-15(8-6-14)20-12-16(18)17-10-9-13(2)3/h5-8,13H,4,9-12H2,1-3H3,(H,17,18). The lowest BCUT2D eigenvalue weighted by Gasteiger charge is -2.09. The minimum Gasteiger partial charge on any atom is -0.494 e. The van der Waals surface area contributed by atoms with E-state index >= 15 is 0 Å². The highest BCUT2D eigenvalue weighted by Crippen LogP contribution is 2.17. The Bertz CT molecular complexity index is 387. The minimum absolute atomic E-state index is 0.0489. The molecule has 0 aliphatic heterocycles. The van der Waals surface area contributed by atoms with Crippen LogP contribution in [0.2, 0.25) is 0 Å². The maximum absolute atomic E-state index is 11.5. The van der Waals surface area contributed by atoms with Crippen LogP contribution in [0.5, 0.6) is 11.5 Å². The van der Waals surface area contributed by atoms with Gasteiger partial charge in [0, 0.05) is 6.54 Å². The number of carbonyl (C=O) groups is 1. The summed E-state index contributed by atoms with van der Waals surface area (Å²) >= 11 is 0. The maximum Gasteiger partial charge on any atom is 0.257 e. The van der Waals surface area contributed by atoms with Crippen molar-refractivity contribution in [2.45, 2.75) is 33.6 Å². The molecule has 1 N–H and O–H groups in total. The molecule has 1 aromatic carbocycles. The lowest BCUT2D eigenvalue weighted by molar-refractivity contribution is -0.123. The zero-order chi connectivity index (χ0) is 14.8. The number of benzene rings is 1. The Hall–Kier alpha value is -1.71. The Morgan fingerprint density at radius 2 is 1.75 bits per heavy atom. The van der Waals surface area contributed by atoms with Gasteiger partial charge in [-0.1, -0.05) is 20.8 Å². The first-order valence-electron chi connectivity index (χ1n) is 7.24. The fourth-order valence-corrected chi connectivity index (χ4v) is 1.55. The molecule has 0 spiro atoms. The molecule has 0 atom stereocenters. The smallest absolute Gasteiger partial charge is 0.257 e. The third kappa shape index (κ3) is 7.02. The number of amides is 1. The van der Waals surface area contributed by atoms with E-state index in [4.69, 9.17) is 9.47 Å². The van der Waals surface area contributed by atoms with Crippen LogP contribution in [-0.2, 0) is 4.79 Å².